The maximum Gasteiger partial charge on any atom is 0.325 e. The zero-order chi connectivity index (χ0) is 15.5. The van der Waals surface area contributed by atoms with Crippen molar-refractivity contribution in [3.05, 3.63) is 18.2 Å². The van der Waals surface area contributed by atoms with Gasteiger partial charge in [-0.25, -0.2) is 0 Å². The van der Waals surface area contributed by atoms with E-state index in [0.717, 1.165) is 5.69 Å². The molecule has 0 atom stereocenters. The number of nitrogens with two attached hydrogens (primary N) is 1. The molecular weight excluding hydrogens is 308 g/mol. The molecule has 124 valence electrons. The van der Waals surface area contributed by atoms with Crippen LogP contribution in [0.2, 0.25) is 0 Å². The summed E-state index contributed by atoms with van der Waals surface area (Å²) in [6, 6.07) is 5.78. The lowest BCUT2D eigenvalue weighted by Crippen LogP contribution is -2.56. The van der Waals surface area contributed by atoms with Crippen LogP contribution < -0.4 is 20.1 Å². The van der Waals surface area contributed by atoms with Crippen molar-refractivity contribution in [3.63, 3.8) is 0 Å². The van der Waals surface area contributed by atoms with Crippen molar-refractivity contribution in [2.24, 2.45) is 5.73 Å². The van der Waals surface area contributed by atoms with Crippen LogP contribution in [0.3, 0.4) is 0 Å². The molecule has 0 bridgehead atoms. The number of carbonyl (C=O) groups is 1. The standard InChI is InChI=1S/C15H22N2O4.ClH/c1-19-12-5-4-11(10-13(12)20-2)17-8-6-15(16,7-9-17)14(18)21-3;/h4-5,10H,6-9,16H2,1-3H3;1H. The molecule has 1 aliphatic rings. The normalized spacial score (nSPS) is 16.5. The van der Waals surface area contributed by atoms with Crippen molar-refractivity contribution in [1.29, 1.82) is 0 Å². The van der Waals surface area contributed by atoms with Crippen LogP contribution in [0.1, 0.15) is 12.8 Å². The van der Waals surface area contributed by atoms with Crippen LogP contribution in [0, 0.1) is 0 Å². The summed E-state index contributed by atoms with van der Waals surface area (Å²) in [6.45, 7) is 1.39. The van der Waals surface area contributed by atoms with E-state index in [1.54, 1.807) is 14.2 Å². The summed E-state index contributed by atoms with van der Waals surface area (Å²) in [4.78, 5) is 13.9. The summed E-state index contributed by atoms with van der Waals surface area (Å²) in [5.41, 5.74) is 6.26. The first-order valence-corrected chi connectivity index (χ1v) is 6.88. The topological polar surface area (TPSA) is 74.0 Å². The number of benzene rings is 1. The van der Waals surface area contributed by atoms with Crippen LogP contribution in [0.4, 0.5) is 5.69 Å². The quantitative estimate of drug-likeness (QED) is 0.845. The molecule has 1 heterocycles. The zero-order valence-electron chi connectivity index (χ0n) is 13.1. The average molecular weight is 331 g/mol. The van der Waals surface area contributed by atoms with Gasteiger partial charge in [0, 0.05) is 24.8 Å². The van der Waals surface area contributed by atoms with E-state index in [4.69, 9.17) is 19.9 Å². The average Bonchev–Trinajstić information content (AvgIpc) is 2.54. The minimum Gasteiger partial charge on any atom is -0.493 e. The largest absolute Gasteiger partial charge is 0.493 e. The van der Waals surface area contributed by atoms with E-state index in [-0.39, 0.29) is 18.4 Å². The van der Waals surface area contributed by atoms with Gasteiger partial charge in [-0.3, -0.25) is 4.79 Å². The van der Waals surface area contributed by atoms with Crippen molar-refractivity contribution in [2.45, 2.75) is 18.4 Å². The molecule has 0 aromatic heterocycles. The number of ether oxygens (including phenoxy) is 3. The molecule has 0 spiro atoms. The lowest BCUT2D eigenvalue weighted by atomic mass is 9.88. The van der Waals surface area contributed by atoms with Crippen LogP contribution in [0.25, 0.3) is 0 Å². The van der Waals surface area contributed by atoms with E-state index in [9.17, 15) is 4.79 Å². The van der Waals surface area contributed by atoms with Gasteiger partial charge in [0.05, 0.1) is 21.3 Å². The molecule has 0 saturated carbocycles. The van der Waals surface area contributed by atoms with Crippen molar-refractivity contribution < 1.29 is 19.0 Å². The number of piperidine rings is 1. The molecule has 0 unspecified atom stereocenters. The molecule has 0 radical (unpaired) electrons. The van der Waals surface area contributed by atoms with Crippen molar-refractivity contribution >= 4 is 24.1 Å². The van der Waals surface area contributed by atoms with E-state index in [1.807, 2.05) is 18.2 Å². The molecule has 2 N–H and O–H groups in total. The Kier molecular flexibility index (Phi) is 6.32. The Morgan fingerprint density at radius 3 is 2.23 bits per heavy atom. The number of nitrogens with zero attached hydrogens (tertiary/aromatic N) is 1. The van der Waals surface area contributed by atoms with Gasteiger partial charge < -0.3 is 24.8 Å². The summed E-state index contributed by atoms with van der Waals surface area (Å²) >= 11 is 0. The molecule has 1 fully saturated rings. The highest BCUT2D eigenvalue weighted by atomic mass is 35.5. The number of methoxy groups -OCH3 is 3. The van der Waals surface area contributed by atoms with Gasteiger partial charge in [0.25, 0.3) is 0 Å². The molecule has 0 amide bonds. The van der Waals surface area contributed by atoms with Crippen molar-refractivity contribution in [1.82, 2.24) is 0 Å². The summed E-state index contributed by atoms with van der Waals surface area (Å²) in [7, 11) is 4.59. The van der Waals surface area contributed by atoms with Gasteiger partial charge in [-0.05, 0) is 25.0 Å². The Labute approximate surface area is 136 Å². The fourth-order valence-corrected chi connectivity index (χ4v) is 2.59. The lowest BCUT2D eigenvalue weighted by molar-refractivity contribution is -0.147. The summed E-state index contributed by atoms with van der Waals surface area (Å²) < 4.78 is 15.3. The first-order valence-electron chi connectivity index (χ1n) is 6.88. The van der Waals surface area contributed by atoms with Crippen molar-refractivity contribution in [3.8, 4) is 11.5 Å². The van der Waals surface area contributed by atoms with Crippen LogP contribution >= 0.6 is 12.4 Å². The lowest BCUT2D eigenvalue weighted by Gasteiger charge is -2.38. The highest BCUT2D eigenvalue weighted by molar-refractivity contribution is 5.85. The summed E-state index contributed by atoms with van der Waals surface area (Å²) in [5, 5.41) is 0. The second kappa shape index (κ2) is 7.56. The highest BCUT2D eigenvalue weighted by Crippen LogP contribution is 2.33. The molecule has 6 nitrogen and oxygen atoms in total. The molecular formula is C15H23ClN2O4. The minimum absolute atomic E-state index is 0. The first kappa shape index (κ1) is 18.4. The Morgan fingerprint density at radius 1 is 1.14 bits per heavy atom. The maximum absolute atomic E-state index is 11.7. The number of carbonyl (C=O) groups excluding carboxylic acids is 1. The fraction of sp³-hybridized carbons (Fsp3) is 0.533. The van der Waals surface area contributed by atoms with E-state index in [2.05, 4.69) is 4.90 Å². The van der Waals surface area contributed by atoms with Gasteiger partial charge in [-0.15, -0.1) is 12.4 Å². The molecule has 7 heteroatoms. The molecule has 1 aromatic rings. The summed E-state index contributed by atoms with van der Waals surface area (Å²) in [5.74, 6) is 1.04. The number of halogens is 1. The molecule has 22 heavy (non-hydrogen) atoms. The number of esters is 1. The van der Waals surface area contributed by atoms with E-state index < -0.39 is 5.54 Å². The van der Waals surface area contributed by atoms with Gasteiger partial charge in [-0.1, -0.05) is 0 Å². The monoisotopic (exact) mass is 330 g/mol. The third kappa shape index (κ3) is 3.56. The maximum atomic E-state index is 11.7. The molecule has 0 aliphatic carbocycles. The fourth-order valence-electron chi connectivity index (χ4n) is 2.59. The second-order valence-electron chi connectivity index (χ2n) is 5.17. The predicted molar refractivity (Wildman–Crippen MR) is 87.2 cm³/mol. The van der Waals surface area contributed by atoms with Gasteiger partial charge in [0.2, 0.25) is 0 Å². The Balaban J connectivity index is 0.00000242. The predicted octanol–water partition coefficient (Wildman–Crippen LogP) is 1.60. The SMILES string of the molecule is COC(=O)C1(N)CCN(c2ccc(OC)c(OC)c2)CC1.Cl. The minimum atomic E-state index is -0.873. The number of hydrogen-bond acceptors (Lipinski definition) is 6. The molecule has 2 rings (SSSR count). The molecule has 1 aliphatic heterocycles. The highest BCUT2D eigenvalue weighted by Gasteiger charge is 2.38. The third-order valence-electron chi connectivity index (χ3n) is 3.98. The molecule has 1 aromatic carbocycles. The number of rotatable bonds is 4. The zero-order valence-corrected chi connectivity index (χ0v) is 13.9. The van der Waals surface area contributed by atoms with Crippen LogP contribution in [-0.4, -0.2) is 45.9 Å². The second-order valence-corrected chi connectivity index (χ2v) is 5.17. The van der Waals surface area contributed by atoms with Gasteiger partial charge in [0.1, 0.15) is 5.54 Å². The van der Waals surface area contributed by atoms with Gasteiger partial charge in [0.15, 0.2) is 11.5 Å². The smallest absolute Gasteiger partial charge is 0.325 e. The van der Waals surface area contributed by atoms with E-state index in [1.165, 1.54) is 7.11 Å². The number of anilines is 1. The van der Waals surface area contributed by atoms with Crippen LogP contribution in [0.5, 0.6) is 11.5 Å². The van der Waals surface area contributed by atoms with Gasteiger partial charge >= 0.3 is 5.97 Å². The van der Waals surface area contributed by atoms with Crippen molar-refractivity contribution in [2.75, 3.05) is 39.3 Å². The van der Waals surface area contributed by atoms with E-state index >= 15 is 0 Å². The van der Waals surface area contributed by atoms with Crippen LogP contribution in [-0.2, 0) is 9.53 Å². The molecule has 1 saturated heterocycles. The third-order valence-corrected chi connectivity index (χ3v) is 3.98. The first-order chi connectivity index (χ1) is 10.0. The Bertz CT molecular complexity index is 516. The number of hydrogen-bond donors (Lipinski definition) is 1. The summed E-state index contributed by atoms with van der Waals surface area (Å²) in [6.07, 6.45) is 1.13. The Hall–Kier alpha value is -1.66. The van der Waals surface area contributed by atoms with E-state index in [0.29, 0.717) is 37.4 Å². The van der Waals surface area contributed by atoms with Crippen LogP contribution in [0.15, 0.2) is 18.2 Å². The van der Waals surface area contributed by atoms with Gasteiger partial charge in [-0.2, -0.15) is 0 Å². The Morgan fingerprint density at radius 2 is 1.73 bits per heavy atom.